The molecule has 1 aromatic carbocycles. The van der Waals surface area contributed by atoms with E-state index in [0.29, 0.717) is 79.1 Å². The number of ether oxygens (including phenoxy) is 6. The van der Waals surface area contributed by atoms with Gasteiger partial charge in [0, 0.05) is 17.0 Å². The molecule has 0 N–H and O–H groups in total. The highest BCUT2D eigenvalue weighted by Crippen LogP contribution is 2.57. The molecule has 2 fully saturated rings. The molecule has 1 aromatic rings. The topological polar surface area (TPSA) is 162 Å². The Kier molecular flexibility index (Phi) is 16.0. The number of hydrogen-bond acceptors (Lipinski definition) is 14. The van der Waals surface area contributed by atoms with Gasteiger partial charge >= 0.3 is 35.8 Å². The van der Waals surface area contributed by atoms with Crippen LogP contribution in [-0.2, 0) is 52.5 Å². The van der Waals surface area contributed by atoms with Gasteiger partial charge in [-0.25, -0.2) is 14.4 Å². The third kappa shape index (κ3) is 12.0. The fourth-order valence-corrected chi connectivity index (χ4v) is 8.61. The van der Waals surface area contributed by atoms with E-state index >= 15 is 0 Å². The van der Waals surface area contributed by atoms with Crippen molar-refractivity contribution in [2.24, 2.45) is 17.8 Å². The minimum absolute atomic E-state index is 0.176. The lowest BCUT2D eigenvalue weighted by Gasteiger charge is -2.30. The molecule has 0 aromatic heterocycles. The fraction of sp³-hybridized carbons (Fsp3) is 0.500. The zero-order valence-electron chi connectivity index (χ0n) is 29.6. The molecule has 0 spiro atoms. The van der Waals surface area contributed by atoms with Crippen molar-refractivity contribution in [3.05, 3.63) is 64.4 Å². The molecule has 0 radical (unpaired) electrons. The van der Waals surface area contributed by atoms with Crippen LogP contribution in [-0.4, -0.2) is 68.3 Å². The Labute approximate surface area is 317 Å². The van der Waals surface area contributed by atoms with Crippen molar-refractivity contribution >= 4 is 59.3 Å². The fourth-order valence-electron chi connectivity index (χ4n) is 5.99. The summed E-state index contributed by atoms with van der Waals surface area (Å²) in [7, 11) is 0. The number of carbonyl (C=O) groups excluding carboxylic acids is 6. The molecular formula is C38H43NO12S2. The van der Waals surface area contributed by atoms with Gasteiger partial charge in [0.2, 0.25) is 0 Å². The molecule has 0 amide bonds. The Morgan fingerprint density at radius 1 is 0.717 bits per heavy atom. The van der Waals surface area contributed by atoms with Crippen molar-refractivity contribution in [1.29, 1.82) is 0 Å². The van der Waals surface area contributed by atoms with Gasteiger partial charge in [-0.3, -0.25) is 19.2 Å². The van der Waals surface area contributed by atoms with Crippen molar-refractivity contribution in [3.8, 4) is 5.75 Å². The average Bonchev–Trinajstić information content (AvgIpc) is 3.62. The number of fused-ring (bicyclic) bond motifs is 1. The van der Waals surface area contributed by atoms with Crippen LogP contribution in [0.3, 0.4) is 0 Å². The van der Waals surface area contributed by atoms with E-state index in [2.05, 4.69) is 18.0 Å². The second kappa shape index (κ2) is 20.6. The van der Waals surface area contributed by atoms with Gasteiger partial charge in [-0.2, -0.15) is 0 Å². The summed E-state index contributed by atoms with van der Waals surface area (Å²) in [6, 6.07) is 3.50. The minimum Gasteiger partial charge on any atom is -0.467 e. The predicted octanol–water partition coefficient (Wildman–Crippen LogP) is 6.42. The number of aryl methyl sites for hydroxylation is 1. The maximum absolute atomic E-state index is 13.3. The second-order valence-corrected chi connectivity index (χ2v) is 14.9. The second-order valence-electron chi connectivity index (χ2n) is 12.6. The lowest BCUT2D eigenvalue weighted by molar-refractivity contribution is -0.160. The summed E-state index contributed by atoms with van der Waals surface area (Å²) in [4.78, 5) is 78.4. The van der Waals surface area contributed by atoms with Gasteiger partial charge in [0.15, 0.2) is 0 Å². The number of benzene rings is 1. The van der Waals surface area contributed by atoms with Crippen LogP contribution in [0.1, 0.15) is 69.8 Å². The van der Waals surface area contributed by atoms with Crippen LogP contribution < -0.4 is 4.74 Å². The highest BCUT2D eigenvalue weighted by molar-refractivity contribution is 8.24. The largest absolute Gasteiger partial charge is 0.467 e. The number of unbranched alkanes of at least 4 members (excludes halogenated alkanes) is 1. The number of thioether (sulfide) groups is 2. The summed E-state index contributed by atoms with van der Waals surface area (Å²) < 4.78 is 32.3. The number of carbonyl (C=O) groups is 6. The first-order valence-electron chi connectivity index (χ1n) is 17.5. The molecule has 15 heteroatoms. The van der Waals surface area contributed by atoms with Crippen LogP contribution in [0.4, 0.5) is 0 Å². The van der Waals surface area contributed by atoms with Crippen molar-refractivity contribution in [2.75, 3.05) is 26.4 Å². The van der Waals surface area contributed by atoms with E-state index in [4.69, 9.17) is 35.0 Å². The Morgan fingerprint density at radius 2 is 1.25 bits per heavy atom. The van der Waals surface area contributed by atoms with Gasteiger partial charge in [-0.05, 0) is 82.8 Å². The zero-order chi connectivity index (χ0) is 38.3. The Hall–Kier alpha value is -4.55. The van der Waals surface area contributed by atoms with Crippen LogP contribution in [0.25, 0.3) is 4.85 Å². The summed E-state index contributed by atoms with van der Waals surface area (Å²) in [5.74, 6) is -3.53. The summed E-state index contributed by atoms with van der Waals surface area (Å²) in [6.07, 6.45) is 7.13. The number of nitrogens with zero attached hydrogens (tertiary/aromatic N) is 1. The first kappa shape index (κ1) is 41.2. The molecule has 0 unspecified atom stereocenters. The number of hydrogen-bond donors (Lipinski definition) is 0. The van der Waals surface area contributed by atoms with Crippen molar-refractivity contribution in [1.82, 2.24) is 0 Å². The zero-order valence-corrected chi connectivity index (χ0v) is 31.2. The first-order chi connectivity index (χ1) is 25.5. The van der Waals surface area contributed by atoms with E-state index in [1.807, 2.05) is 13.0 Å². The molecule has 0 bridgehead atoms. The lowest BCUT2D eigenvalue weighted by Crippen LogP contribution is -2.33. The summed E-state index contributed by atoms with van der Waals surface area (Å²) in [6.45, 7) is 16.2. The third-order valence-electron chi connectivity index (χ3n) is 8.98. The molecule has 284 valence electrons. The highest BCUT2D eigenvalue weighted by Gasteiger charge is 2.36. The van der Waals surface area contributed by atoms with Crippen LogP contribution in [0.5, 0.6) is 5.75 Å². The Bertz CT molecular complexity index is 1650. The van der Waals surface area contributed by atoms with Gasteiger partial charge in [0.25, 0.3) is 5.70 Å². The summed E-state index contributed by atoms with van der Waals surface area (Å²) in [5, 5.41) is 0. The van der Waals surface area contributed by atoms with Crippen molar-refractivity contribution in [3.63, 3.8) is 0 Å². The molecule has 0 atom stereocenters. The van der Waals surface area contributed by atoms with E-state index in [0.717, 1.165) is 34.4 Å². The molecule has 2 aliphatic carbocycles. The van der Waals surface area contributed by atoms with E-state index in [-0.39, 0.29) is 67.9 Å². The van der Waals surface area contributed by atoms with Gasteiger partial charge < -0.3 is 28.4 Å². The maximum Gasteiger partial charge on any atom is 0.338 e. The van der Waals surface area contributed by atoms with Crippen LogP contribution >= 0.6 is 23.5 Å². The lowest BCUT2D eigenvalue weighted by atomic mass is 9.82. The molecule has 1 aliphatic heterocycles. The van der Waals surface area contributed by atoms with Crippen LogP contribution in [0.2, 0.25) is 0 Å². The highest BCUT2D eigenvalue weighted by atomic mass is 32.2. The van der Waals surface area contributed by atoms with Crippen molar-refractivity contribution < 1.29 is 57.2 Å². The molecule has 53 heavy (non-hydrogen) atoms. The standard InChI is InChI=1S/C38H43NO12S2/c1-5-29(40)46-19-7-8-20-48-34(42)24-10-12-25(13-11-24)35(43)50-27-16-14-26(15-17-27)36(44)51-28-18-9-23(3)32-33(28)53-38(52-32)31(39-4)37(45)49-22-21-47-30(41)6-2/h5-6,9,18,24-27H,1-2,7-8,10-17,19-22H2,3H3. The maximum atomic E-state index is 13.3. The van der Waals surface area contributed by atoms with E-state index in [9.17, 15) is 28.8 Å². The van der Waals surface area contributed by atoms with Crippen LogP contribution in [0, 0.1) is 31.2 Å². The Morgan fingerprint density at radius 3 is 1.87 bits per heavy atom. The van der Waals surface area contributed by atoms with Gasteiger partial charge in [-0.1, -0.05) is 42.7 Å². The monoisotopic (exact) mass is 769 g/mol. The normalized spacial score (nSPS) is 21.4. The average molecular weight is 770 g/mol. The smallest absolute Gasteiger partial charge is 0.338 e. The number of rotatable bonds is 16. The predicted molar refractivity (Wildman–Crippen MR) is 193 cm³/mol. The quantitative estimate of drug-likeness (QED) is 0.0452. The molecule has 2 saturated carbocycles. The molecule has 3 aliphatic rings. The number of esters is 6. The third-order valence-corrected chi connectivity index (χ3v) is 11.7. The summed E-state index contributed by atoms with van der Waals surface area (Å²) in [5.41, 5.74) is 0.662. The van der Waals surface area contributed by atoms with Gasteiger partial charge in [-0.15, -0.1) is 0 Å². The van der Waals surface area contributed by atoms with Crippen LogP contribution in [0.15, 0.2) is 57.2 Å². The van der Waals surface area contributed by atoms with Gasteiger partial charge in [0.05, 0.1) is 46.7 Å². The molecular weight excluding hydrogens is 727 g/mol. The van der Waals surface area contributed by atoms with Crippen molar-refractivity contribution in [2.45, 2.75) is 87.0 Å². The SMILES string of the molecule is [C-]#[N+]C(C(=O)OCCOC(=O)C=C)=C1Sc2c(C)ccc(OC(=O)C3CCC(OC(=O)C4CCC(C(=O)OCCCCOC(=O)C=C)CC4)CC3)c2S1. The summed E-state index contributed by atoms with van der Waals surface area (Å²) >= 11 is 2.38. The molecule has 13 nitrogen and oxygen atoms in total. The van der Waals surface area contributed by atoms with Gasteiger partial charge in [0.1, 0.15) is 25.1 Å². The minimum atomic E-state index is -0.853. The van der Waals surface area contributed by atoms with E-state index < -0.39 is 23.9 Å². The molecule has 0 saturated heterocycles. The Balaban J connectivity index is 1.19. The van der Waals surface area contributed by atoms with E-state index in [1.165, 1.54) is 11.8 Å². The molecule has 4 rings (SSSR count). The molecule has 1 heterocycles. The van der Waals surface area contributed by atoms with E-state index in [1.54, 1.807) is 6.07 Å². The first-order valence-corrected chi connectivity index (χ1v) is 19.1.